The third-order valence-corrected chi connectivity index (χ3v) is 8.98. The fraction of sp³-hybridized carbons (Fsp3) is 0.444. The molecular formula is C27H30N2O5S. The van der Waals surface area contributed by atoms with Gasteiger partial charge in [0, 0.05) is 29.6 Å². The summed E-state index contributed by atoms with van der Waals surface area (Å²) >= 11 is 0. The summed E-state index contributed by atoms with van der Waals surface area (Å²) in [4.78, 5) is 14.8. The Kier molecular flexibility index (Phi) is 6.58. The number of hydrogen-bond acceptors (Lipinski definition) is 6. The van der Waals surface area contributed by atoms with Gasteiger partial charge in [0.05, 0.1) is 11.5 Å². The van der Waals surface area contributed by atoms with E-state index in [0.29, 0.717) is 36.4 Å². The van der Waals surface area contributed by atoms with Crippen molar-refractivity contribution >= 4 is 15.7 Å². The number of carbonyl (C=O) groups excluding carboxylic acids is 1. The molecule has 2 bridgehead atoms. The number of fused-ring (bicyclic) bond motifs is 3. The summed E-state index contributed by atoms with van der Waals surface area (Å²) in [7, 11) is -3.08. The fourth-order valence-electron chi connectivity index (χ4n) is 5.18. The van der Waals surface area contributed by atoms with Crippen LogP contribution in [0.1, 0.15) is 41.6 Å². The van der Waals surface area contributed by atoms with Crippen molar-refractivity contribution in [3.63, 3.8) is 0 Å². The van der Waals surface area contributed by atoms with Crippen molar-refractivity contribution in [1.29, 1.82) is 0 Å². The van der Waals surface area contributed by atoms with Gasteiger partial charge in [0.15, 0.2) is 9.84 Å². The molecule has 184 valence electrons. The largest absolute Gasteiger partial charge is 0.457 e. The number of aliphatic hydroxyl groups is 1. The van der Waals surface area contributed by atoms with Crippen LogP contribution in [0.3, 0.4) is 0 Å². The van der Waals surface area contributed by atoms with Crippen LogP contribution in [0.15, 0.2) is 48.5 Å². The maximum atomic E-state index is 12.5. The number of benzene rings is 2. The molecule has 0 unspecified atom stereocenters. The minimum Gasteiger partial charge on any atom is -0.457 e. The summed E-state index contributed by atoms with van der Waals surface area (Å²) < 4.78 is 29.4. The van der Waals surface area contributed by atoms with Crippen LogP contribution in [0.4, 0.5) is 0 Å². The lowest BCUT2D eigenvalue weighted by Crippen LogP contribution is -2.58. The van der Waals surface area contributed by atoms with E-state index in [9.17, 15) is 18.3 Å². The first kappa shape index (κ1) is 23.9. The molecule has 0 radical (unpaired) electrons. The van der Waals surface area contributed by atoms with Gasteiger partial charge in [-0.2, -0.15) is 0 Å². The number of sulfone groups is 1. The predicted octanol–water partition coefficient (Wildman–Crippen LogP) is 2.59. The van der Waals surface area contributed by atoms with Crippen LogP contribution >= 0.6 is 0 Å². The molecule has 4 saturated heterocycles. The topological polar surface area (TPSA) is 95.9 Å². The van der Waals surface area contributed by atoms with Crippen molar-refractivity contribution in [1.82, 2.24) is 10.2 Å². The fourth-order valence-corrected chi connectivity index (χ4v) is 6.82. The van der Waals surface area contributed by atoms with Gasteiger partial charge in [-0.15, -0.1) is 0 Å². The predicted molar refractivity (Wildman–Crippen MR) is 133 cm³/mol. The van der Waals surface area contributed by atoms with Gasteiger partial charge in [0.25, 0.3) is 5.91 Å². The van der Waals surface area contributed by atoms with Gasteiger partial charge < -0.3 is 15.2 Å². The first-order valence-corrected chi connectivity index (χ1v) is 14.0. The molecule has 4 aliphatic heterocycles. The monoisotopic (exact) mass is 494 g/mol. The molecule has 4 aliphatic rings. The Labute approximate surface area is 206 Å². The number of amides is 1. The maximum Gasteiger partial charge on any atom is 0.251 e. The van der Waals surface area contributed by atoms with E-state index in [0.717, 1.165) is 31.5 Å². The number of ether oxygens (including phenoxy) is 1. The molecule has 2 N–H and O–H groups in total. The summed E-state index contributed by atoms with van der Waals surface area (Å²) in [5.74, 6) is 7.63. The van der Waals surface area contributed by atoms with Crippen LogP contribution in [-0.2, 0) is 9.84 Å². The van der Waals surface area contributed by atoms with E-state index in [4.69, 9.17) is 4.74 Å². The second-order valence-electron chi connectivity index (χ2n) is 9.80. The first-order chi connectivity index (χ1) is 16.8. The third kappa shape index (κ3) is 5.69. The molecule has 35 heavy (non-hydrogen) atoms. The van der Waals surface area contributed by atoms with E-state index in [-0.39, 0.29) is 29.4 Å². The zero-order chi connectivity index (χ0) is 24.5. The number of rotatable bonds is 4. The van der Waals surface area contributed by atoms with Crippen LogP contribution in [0, 0.1) is 17.8 Å². The highest BCUT2D eigenvalue weighted by molar-refractivity contribution is 7.91. The maximum absolute atomic E-state index is 12.5. The summed E-state index contributed by atoms with van der Waals surface area (Å²) in [5.41, 5.74) is 0.348. The van der Waals surface area contributed by atoms with Gasteiger partial charge in [0.1, 0.15) is 17.1 Å². The van der Waals surface area contributed by atoms with Crippen LogP contribution in [0.25, 0.3) is 0 Å². The molecular weight excluding hydrogens is 464 g/mol. The molecule has 6 rings (SSSR count). The van der Waals surface area contributed by atoms with Gasteiger partial charge in [-0.3, -0.25) is 9.69 Å². The SMILES string of the molecule is O=C(N[C@@H]1CCCS(=O)(=O)C1)c1ccc(Oc2ccc(C#C[C@]3(O)CN4CCC3CC4)cc2)cc1. The van der Waals surface area contributed by atoms with Crippen molar-refractivity contribution < 1.29 is 23.1 Å². The molecule has 4 fully saturated rings. The Morgan fingerprint density at radius 3 is 2.29 bits per heavy atom. The summed E-state index contributed by atoms with van der Waals surface area (Å²) in [5, 5.41) is 13.8. The summed E-state index contributed by atoms with van der Waals surface area (Å²) in [6, 6.07) is 13.8. The number of nitrogens with one attached hydrogen (secondary N) is 1. The lowest BCUT2D eigenvalue weighted by atomic mass is 9.76. The summed E-state index contributed by atoms with van der Waals surface area (Å²) in [6.07, 6.45) is 3.25. The van der Waals surface area contributed by atoms with Gasteiger partial charge in [-0.1, -0.05) is 11.8 Å². The van der Waals surface area contributed by atoms with Crippen LogP contribution < -0.4 is 10.1 Å². The van der Waals surface area contributed by atoms with Gasteiger partial charge in [-0.25, -0.2) is 8.42 Å². The second-order valence-corrected chi connectivity index (χ2v) is 12.0. The Hall–Kier alpha value is -2.86. The molecule has 0 saturated carbocycles. The highest BCUT2D eigenvalue weighted by Crippen LogP contribution is 2.35. The minimum absolute atomic E-state index is 0.00137. The van der Waals surface area contributed by atoms with E-state index in [1.165, 1.54) is 0 Å². The smallest absolute Gasteiger partial charge is 0.251 e. The number of hydrogen-bond donors (Lipinski definition) is 2. The minimum atomic E-state index is -3.08. The van der Waals surface area contributed by atoms with Crippen LogP contribution in [-0.4, -0.2) is 67.1 Å². The molecule has 2 aromatic carbocycles. The Morgan fingerprint density at radius 2 is 1.69 bits per heavy atom. The average molecular weight is 495 g/mol. The molecule has 0 aliphatic carbocycles. The standard InChI is InChI=1S/C27H30N2O5S/c30-26(28-23-2-1-17-35(32,33)18-23)21-5-9-25(10-6-21)34-24-7-3-20(4-8-24)11-14-27(31)19-29-15-12-22(27)13-16-29/h3-10,22-23,31H,1-2,12-13,15-19H2,(H,28,30)/t23-,27+/m1/s1. The second kappa shape index (κ2) is 9.65. The number of piperidine rings is 3. The molecule has 2 atom stereocenters. The molecule has 2 aromatic rings. The van der Waals surface area contributed by atoms with Gasteiger partial charge in [-0.05, 0) is 87.3 Å². The Morgan fingerprint density at radius 1 is 1.03 bits per heavy atom. The molecule has 0 spiro atoms. The Bertz CT molecular complexity index is 1240. The third-order valence-electron chi connectivity index (χ3n) is 7.16. The lowest BCUT2D eigenvalue weighted by Gasteiger charge is -2.47. The van der Waals surface area contributed by atoms with E-state index in [1.807, 2.05) is 24.3 Å². The van der Waals surface area contributed by atoms with Crippen molar-refractivity contribution in [3.8, 4) is 23.3 Å². The van der Waals surface area contributed by atoms with Crippen molar-refractivity contribution in [2.24, 2.45) is 5.92 Å². The summed E-state index contributed by atoms with van der Waals surface area (Å²) in [6.45, 7) is 2.73. The van der Waals surface area contributed by atoms with E-state index < -0.39 is 15.4 Å². The quantitative estimate of drug-likeness (QED) is 0.635. The zero-order valence-corrected chi connectivity index (χ0v) is 20.4. The number of nitrogens with zero attached hydrogens (tertiary/aromatic N) is 1. The van der Waals surface area contributed by atoms with Crippen LogP contribution in [0.2, 0.25) is 0 Å². The first-order valence-electron chi connectivity index (χ1n) is 12.2. The van der Waals surface area contributed by atoms with E-state index >= 15 is 0 Å². The van der Waals surface area contributed by atoms with Crippen molar-refractivity contribution in [2.75, 3.05) is 31.1 Å². The lowest BCUT2D eigenvalue weighted by molar-refractivity contribution is -0.0713. The van der Waals surface area contributed by atoms with Crippen LogP contribution in [0.5, 0.6) is 11.5 Å². The normalized spacial score (nSPS) is 29.0. The average Bonchev–Trinajstić information content (AvgIpc) is 2.84. The molecule has 4 heterocycles. The molecule has 0 aromatic heterocycles. The highest BCUT2D eigenvalue weighted by atomic mass is 32.2. The highest BCUT2D eigenvalue weighted by Gasteiger charge is 2.44. The van der Waals surface area contributed by atoms with Gasteiger partial charge >= 0.3 is 0 Å². The van der Waals surface area contributed by atoms with E-state index in [2.05, 4.69) is 22.1 Å². The van der Waals surface area contributed by atoms with Gasteiger partial charge in [0.2, 0.25) is 0 Å². The zero-order valence-electron chi connectivity index (χ0n) is 19.6. The Balaban J connectivity index is 1.17. The molecule has 1 amide bonds. The molecule has 7 nitrogen and oxygen atoms in total. The van der Waals surface area contributed by atoms with Crippen molar-refractivity contribution in [3.05, 3.63) is 59.7 Å². The number of carbonyl (C=O) groups is 1. The van der Waals surface area contributed by atoms with Crippen molar-refractivity contribution in [2.45, 2.75) is 37.3 Å². The van der Waals surface area contributed by atoms with E-state index in [1.54, 1.807) is 24.3 Å². The molecule has 8 heteroatoms.